The van der Waals surface area contributed by atoms with E-state index >= 15 is 0 Å². The Morgan fingerprint density at radius 1 is 1.30 bits per heavy atom. The third-order valence-electron chi connectivity index (χ3n) is 3.31. The van der Waals surface area contributed by atoms with E-state index in [9.17, 15) is 10.1 Å². The molecule has 1 aromatic heterocycles. The molecule has 0 spiro atoms. The van der Waals surface area contributed by atoms with Crippen LogP contribution in [0.5, 0.6) is 5.88 Å². The number of aromatic nitrogens is 1. The van der Waals surface area contributed by atoms with Crippen molar-refractivity contribution in [2.24, 2.45) is 0 Å². The van der Waals surface area contributed by atoms with Gasteiger partial charge in [-0.2, -0.15) is 5.26 Å². The smallest absolute Gasteiger partial charge is 0.262 e. The fraction of sp³-hybridized carbons (Fsp3) is 0.167. The molecule has 0 saturated carbocycles. The van der Waals surface area contributed by atoms with Crippen LogP contribution < -0.4 is 10.1 Å². The predicted molar refractivity (Wildman–Crippen MR) is 87.4 cm³/mol. The molecule has 0 aliphatic rings. The van der Waals surface area contributed by atoms with E-state index in [1.165, 1.54) is 13.2 Å². The third kappa shape index (κ3) is 4.17. The molecule has 5 heteroatoms. The summed E-state index contributed by atoms with van der Waals surface area (Å²) in [4.78, 5) is 16.3. The van der Waals surface area contributed by atoms with E-state index in [1.54, 1.807) is 18.3 Å². The summed E-state index contributed by atoms with van der Waals surface area (Å²) in [6.45, 7) is 1.87. The van der Waals surface area contributed by atoms with Crippen LogP contribution in [-0.4, -0.2) is 18.0 Å². The van der Waals surface area contributed by atoms with E-state index in [0.29, 0.717) is 11.4 Å². The van der Waals surface area contributed by atoms with E-state index in [2.05, 4.69) is 10.3 Å². The van der Waals surface area contributed by atoms with Gasteiger partial charge in [-0.25, -0.2) is 4.98 Å². The maximum absolute atomic E-state index is 12.3. The maximum Gasteiger partial charge on any atom is 0.262 e. The molecule has 116 valence electrons. The Hall–Kier alpha value is -3.13. The molecule has 0 aliphatic heterocycles. The van der Waals surface area contributed by atoms with Gasteiger partial charge >= 0.3 is 0 Å². The minimum Gasteiger partial charge on any atom is -0.481 e. The molecule has 1 N–H and O–H groups in total. The van der Waals surface area contributed by atoms with Gasteiger partial charge in [-0.3, -0.25) is 4.79 Å². The summed E-state index contributed by atoms with van der Waals surface area (Å²) in [6.07, 6.45) is 3.05. The number of nitriles is 1. The van der Waals surface area contributed by atoms with E-state index in [1.807, 2.05) is 43.3 Å². The Labute approximate surface area is 135 Å². The molecule has 1 aromatic carbocycles. The molecule has 1 atom stereocenters. The number of nitrogens with one attached hydrogen (secondary N) is 1. The highest BCUT2D eigenvalue weighted by atomic mass is 16.5. The van der Waals surface area contributed by atoms with Crippen LogP contribution in [0.1, 0.15) is 24.1 Å². The summed E-state index contributed by atoms with van der Waals surface area (Å²) >= 11 is 0. The zero-order valence-corrected chi connectivity index (χ0v) is 13.0. The number of hydrogen-bond donors (Lipinski definition) is 1. The Bertz CT molecular complexity index is 748. The van der Waals surface area contributed by atoms with Crippen LogP contribution in [0.4, 0.5) is 0 Å². The van der Waals surface area contributed by atoms with Gasteiger partial charge in [0.15, 0.2) is 0 Å². The molecule has 0 bridgehead atoms. The number of carbonyl (C=O) groups excluding carboxylic acids is 1. The molecule has 1 amide bonds. The van der Waals surface area contributed by atoms with Gasteiger partial charge in [0.1, 0.15) is 11.6 Å². The second kappa shape index (κ2) is 7.76. The van der Waals surface area contributed by atoms with Gasteiger partial charge in [0, 0.05) is 11.8 Å². The molecule has 1 heterocycles. The fourth-order valence-electron chi connectivity index (χ4n) is 2.09. The molecular weight excluding hydrogens is 290 g/mol. The number of methoxy groups -OCH3 is 1. The standard InChI is InChI=1S/C18H17N3O2/c1-13(14-7-4-3-5-8-14)21-17(22)16(12-19)11-15-9-6-10-20-18(15)23-2/h3-11,13H,1-2H3,(H,21,22). The third-order valence-corrected chi connectivity index (χ3v) is 3.31. The molecule has 1 unspecified atom stereocenters. The van der Waals surface area contributed by atoms with Crippen LogP contribution in [0.15, 0.2) is 54.2 Å². The molecule has 2 rings (SSSR count). The Morgan fingerprint density at radius 3 is 2.70 bits per heavy atom. The quantitative estimate of drug-likeness (QED) is 0.681. The highest BCUT2D eigenvalue weighted by Gasteiger charge is 2.14. The molecular formula is C18H17N3O2. The lowest BCUT2D eigenvalue weighted by atomic mass is 10.1. The van der Waals surface area contributed by atoms with Crippen molar-refractivity contribution in [3.05, 3.63) is 65.4 Å². The van der Waals surface area contributed by atoms with Gasteiger partial charge in [-0.05, 0) is 30.7 Å². The van der Waals surface area contributed by atoms with Crippen molar-refractivity contribution in [1.29, 1.82) is 5.26 Å². The first-order chi connectivity index (χ1) is 11.2. The van der Waals surface area contributed by atoms with Gasteiger partial charge in [0.05, 0.1) is 13.2 Å². The topological polar surface area (TPSA) is 75.0 Å². The minimum absolute atomic E-state index is 0.000851. The van der Waals surface area contributed by atoms with Crippen molar-refractivity contribution in [1.82, 2.24) is 10.3 Å². The van der Waals surface area contributed by atoms with Gasteiger partial charge in [-0.1, -0.05) is 30.3 Å². The molecule has 0 saturated heterocycles. The minimum atomic E-state index is -0.435. The zero-order valence-electron chi connectivity index (χ0n) is 13.0. The van der Waals surface area contributed by atoms with Crippen LogP contribution >= 0.6 is 0 Å². The zero-order chi connectivity index (χ0) is 16.7. The van der Waals surface area contributed by atoms with E-state index in [-0.39, 0.29) is 11.6 Å². The van der Waals surface area contributed by atoms with Crippen LogP contribution in [0.25, 0.3) is 6.08 Å². The molecule has 0 radical (unpaired) electrons. The van der Waals surface area contributed by atoms with Crippen LogP contribution in [0, 0.1) is 11.3 Å². The summed E-state index contributed by atoms with van der Waals surface area (Å²) in [5.41, 5.74) is 1.55. The summed E-state index contributed by atoms with van der Waals surface area (Å²) in [5.74, 6) is -0.0704. The lowest BCUT2D eigenvalue weighted by molar-refractivity contribution is -0.117. The average Bonchev–Trinajstić information content (AvgIpc) is 2.60. The number of nitrogens with zero attached hydrogens (tertiary/aromatic N) is 2. The van der Waals surface area contributed by atoms with Gasteiger partial charge < -0.3 is 10.1 Å². The Kier molecular flexibility index (Phi) is 5.48. The van der Waals surface area contributed by atoms with E-state index in [0.717, 1.165) is 5.56 Å². The summed E-state index contributed by atoms with van der Waals surface area (Å²) in [7, 11) is 1.49. The Balaban J connectivity index is 2.19. The predicted octanol–water partition coefficient (Wildman–Crippen LogP) is 2.87. The maximum atomic E-state index is 12.3. The number of hydrogen-bond acceptors (Lipinski definition) is 4. The number of rotatable bonds is 5. The molecule has 5 nitrogen and oxygen atoms in total. The van der Waals surface area contributed by atoms with Gasteiger partial charge in [-0.15, -0.1) is 0 Å². The Morgan fingerprint density at radius 2 is 2.04 bits per heavy atom. The summed E-state index contributed by atoms with van der Waals surface area (Å²) in [5, 5.41) is 12.1. The molecule has 0 aliphatic carbocycles. The normalized spacial score (nSPS) is 12.1. The first kappa shape index (κ1) is 16.2. The lowest BCUT2D eigenvalue weighted by Gasteiger charge is -2.13. The van der Waals surface area contributed by atoms with Crippen molar-refractivity contribution in [2.75, 3.05) is 7.11 Å². The first-order valence-electron chi connectivity index (χ1n) is 7.12. The number of amides is 1. The summed E-state index contributed by atoms with van der Waals surface area (Å²) < 4.78 is 5.12. The molecule has 0 fully saturated rings. The lowest BCUT2D eigenvalue weighted by Crippen LogP contribution is -2.27. The number of pyridine rings is 1. The van der Waals surface area contributed by atoms with Crippen molar-refractivity contribution < 1.29 is 9.53 Å². The number of benzene rings is 1. The average molecular weight is 307 g/mol. The molecule has 2 aromatic rings. The van der Waals surface area contributed by atoms with Gasteiger partial charge in [0.2, 0.25) is 5.88 Å². The van der Waals surface area contributed by atoms with E-state index in [4.69, 9.17) is 4.74 Å². The summed E-state index contributed by atoms with van der Waals surface area (Å²) in [6, 6.07) is 14.7. The van der Waals surface area contributed by atoms with Crippen molar-refractivity contribution in [2.45, 2.75) is 13.0 Å². The second-order valence-corrected chi connectivity index (χ2v) is 4.88. The molecule has 23 heavy (non-hydrogen) atoms. The fourth-order valence-corrected chi connectivity index (χ4v) is 2.09. The van der Waals surface area contributed by atoms with Crippen LogP contribution in [-0.2, 0) is 4.79 Å². The van der Waals surface area contributed by atoms with Gasteiger partial charge in [0.25, 0.3) is 5.91 Å². The number of carbonyl (C=O) groups is 1. The first-order valence-corrected chi connectivity index (χ1v) is 7.12. The van der Waals surface area contributed by atoms with E-state index < -0.39 is 5.91 Å². The van der Waals surface area contributed by atoms with Crippen LogP contribution in [0.2, 0.25) is 0 Å². The van der Waals surface area contributed by atoms with Crippen molar-refractivity contribution in [3.63, 3.8) is 0 Å². The highest BCUT2D eigenvalue weighted by Crippen LogP contribution is 2.18. The number of ether oxygens (including phenoxy) is 1. The highest BCUT2D eigenvalue weighted by molar-refractivity contribution is 6.02. The van der Waals surface area contributed by atoms with Crippen LogP contribution in [0.3, 0.4) is 0 Å². The largest absolute Gasteiger partial charge is 0.481 e. The second-order valence-electron chi connectivity index (χ2n) is 4.88. The van der Waals surface area contributed by atoms with Crippen molar-refractivity contribution >= 4 is 12.0 Å². The monoisotopic (exact) mass is 307 g/mol. The van der Waals surface area contributed by atoms with Crippen molar-refractivity contribution in [3.8, 4) is 11.9 Å². The SMILES string of the molecule is COc1ncccc1C=C(C#N)C(=O)NC(C)c1ccccc1.